The van der Waals surface area contributed by atoms with Crippen LogP contribution >= 0.6 is 23.2 Å². The number of hydrogen-bond donors (Lipinski definition) is 2. The number of rotatable bonds is 9. The highest BCUT2D eigenvalue weighted by Gasteiger charge is 2.17. The number of nitrogens with zero attached hydrogens (tertiary/aromatic N) is 1. The molecule has 188 valence electrons. The highest BCUT2D eigenvalue weighted by Crippen LogP contribution is 2.30. The first-order chi connectivity index (χ1) is 17.1. The summed E-state index contributed by atoms with van der Waals surface area (Å²) >= 11 is 11.9. The molecule has 1 amide bonds. The molecule has 0 aliphatic carbocycles. The molecule has 0 atom stereocenters. The summed E-state index contributed by atoms with van der Waals surface area (Å²) in [5, 5.41) is 4.34. The lowest BCUT2D eigenvalue weighted by Gasteiger charge is -2.10. The Kier molecular flexibility index (Phi) is 9.05. The fourth-order valence-corrected chi connectivity index (χ4v) is 4.31. The number of sulfonamides is 1. The quantitative estimate of drug-likeness (QED) is 0.180. The summed E-state index contributed by atoms with van der Waals surface area (Å²) < 4.78 is 37.4. The van der Waals surface area contributed by atoms with E-state index in [2.05, 4.69) is 15.2 Å². The van der Waals surface area contributed by atoms with Crippen LogP contribution in [0.15, 0.2) is 70.7 Å². The number of amides is 1. The van der Waals surface area contributed by atoms with Crippen LogP contribution in [0.1, 0.15) is 21.5 Å². The van der Waals surface area contributed by atoms with Crippen molar-refractivity contribution >= 4 is 51.3 Å². The van der Waals surface area contributed by atoms with Crippen molar-refractivity contribution in [2.45, 2.75) is 11.8 Å². The van der Waals surface area contributed by atoms with Crippen molar-refractivity contribution in [1.82, 2.24) is 10.1 Å². The average Bonchev–Trinajstić information content (AvgIpc) is 2.83. The largest absolute Gasteiger partial charge is 0.493 e. The maximum atomic E-state index is 12.5. The number of ether oxygens (including phenoxy) is 2. The van der Waals surface area contributed by atoms with Gasteiger partial charge in [0, 0.05) is 5.02 Å². The van der Waals surface area contributed by atoms with Gasteiger partial charge in [-0.25, -0.2) is 23.4 Å². The lowest BCUT2D eigenvalue weighted by atomic mass is 10.2. The summed E-state index contributed by atoms with van der Waals surface area (Å²) in [6.45, 7) is 1.33. The van der Waals surface area contributed by atoms with Crippen LogP contribution in [0.25, 0.3) is 0 Å². The van der Waals surface area contributed by atoms with E-state index < -0.39 is 28.4 Å². The van der Waals surface area contributed by atoms with Gasteiger partial charge in [-0.3, -0.25) is 4.79 Å². The Morgan fingerprint density at radius 3 is 2.39 bits per heavy atom. The molecular weight excluding hydrogens is 529 g/mol. The van der Waals surface area contributed by atoms with Crippen LogP contribution in [0.4, 0.5) is 0 Å². The summed E-state index contributed by atoms with van der Waals surface area (Å²) in [6, 6.07) is 15.2. The third-order valence-electron chi connectivity index (χ3n) is 4.70. The minimum absolute atomic E-state index is 0.0515. The third kappa shape index (κ3) is 7.28. The second-order valence-electron chi connectivity index (χ2n) is 7.35. The molecule has 0 aliphatic heterocycles. The van der Waals surface area contributed by atoms with E-state index in [-0.39, 0.29) is 27.0 Å². The van der Waals surface area contributed by atoms with Crippen LogP contribution < -0.4 is 19.6 Å². The van der Waals surface area contributed by atoms with E-state index in [1.165, 1.54) is 55.8 Å². The molecule has 0 radical (unpaired) electrons. The number of hydrazone groups is 1. The maximum absolute atomic E-state index is 12.5. The lowest BCUT2D eigenvalue weighted by molar-refractivity contribution is -0.119. The molecule has 0 saturated heterocycles. The summed E-state index contributed by atoms with van der Waals surface area (Å²) in [4.78, 5) is 24.5. The topological polar surface area (TPSA) is 123 Å². The Hall–Kier alpha value is -3.44. The second-order valence-corrected chi connectivity index (χ2v) is 9.97. The molecule has 3 rings (SSSR count). The number of esters is 1. The smallest absolute Gasteiger partial charge is 0.345 e. The minimum Gasteiger partial charge on any atom is -0.493 e. The van der Waals surface area contributed by atoms with Gasteiger partial charge in [0.05, 0.1) is 35.4 Å². The Bertz CT molecular complexity index is 1410. The van der Waals surface area contributed by atoms with E-state index >= 15 is 0 Å². The first kappa shape index (κ1) is 27.2. The maximum Gasteiger partial charge on any atom is 0.345 e. The van der Waals surface area contributed by atoms with E-state index in [9.17, 15) is 18.0 Å². The summed E-state index contributed by atoms with van der Waals surface area (Å²) in [7, 11) is -2.44. The van der Waals surface area contributed by atoms with E-state index in [0.717, 1.165) is 5.56 Å². The highest BCUT2D eigenvalue weighted by atomic mass is 35.5. The monoisotopic (exact) mass is 549 g/mol. The normalized spacial score (nSPS) is 11.3. The highest BCUT2D eigenvalue weighted by molar-refractivity contribution is 7.89. The van der Waals surface area contributed by atoms with E-state index in [1.807, 2.05) is 6.92 Å². The van der Waals surface area contributed by atoms with Gasteiger partial charge in [0.15, 0.2) is 11.5 Å². The number of benzene rings is 3. The van der Waals surface area contributed by atoms with Crippen LogP contribution in [-0.4, -0.2) is 40.2 Å². The Morgan fingerprint density at radius 1 is 1.00 bits per heavy atom. The van der Waals surface area contributed by atoms with Crippen molar-refractivity contribution in [1.29, 1.82) is 0 Å². The number of carbonyl (C=O) groups excluding carboxylic acids is 2. The second kappa shape index (κ2) is 12.0. The fourth-order valence-electron chi connectivity index (χ4n) is 2.84. The molecular formula is C24H21Cl2N3O6S. The third-order valence-corrected chi connectivity index (χ3v) is 6.66. The van der Waals surface area contributed by atoms with Gasteiger partial charge in [0.25, 0.3) is 5.91 Å². The number of methoxy groups -OCH3 is 1. The molecule has 0 spiro atoms. The van der Waals surface area contributed by atoms with Gasteiger partial charge in [-0.2, -0.15) is 5.10 Å². The van der Waals surface area contributed by atoms with Crippen LogP contribution in [-0.2, 0) is 14.8 Å². The number of halogens is 2. The zero-order chi connectivity index (χ0) is 26.3. The Morgan fingerprint density at radius 2 is 1.72 bits per heavy atom. The molecule has 0 aromatic heterocycles. The van der Waals surface area contributed by atoms with Crippen molar-refractivity contribution in [3.8, 4) is 11.5 Å². The molecule has 3 aromatic rings. The van der Waals surface area contributed by atoms with Crippen molar-refractivity contribution in [3.05, 3.63) is 87.4 Å². The van der Waals surface area contributed by atoms with Crippen LogP contribution in [0, 0.1) is 6.92 Å². The number of hydrogen-bond acceptors (Lipinski definition) is 7. The standard InChI is InChI=1S/C24H21Cl2N3O6S/c1-15-3-7-18(8-4-15)36(32,33)28-14-23(30)29-27-13-16-5-10-21(22(11-16)34-2)35-24(31)19-9-6-17(25)12-20(19)26/h3-13,28H,14H2,1-2H3,(H,29,30). The van der Waals surface area contributed by atoms with Gasteiger partial charge < -0.3 is 9.47 Å². The van der Waals surface area contributed by atoms with E-state index in [4.69, 9.17) is 32.7 Å². The Balaban J connectivity index is 1.58. The summed E-state index contributed by atoms with van der Waals surface area (Å²) in [5.41, 5.74) is 3.79. The van der Waals surface area contributed by atoms with E-state index in [1.54, 1.807) is 18.2 Å². The van der Waals surface area contributed by atoms with Gasteiger partial charge >= 0.3 is 5.97 Å². The molecule has 2 N–H and O–H groups in total. The van der Waals surface area contributed by atoms with Crippen molar-refractivity contribution in [2.75, 3.05) is 13.7 Å². The van der Waals surface area contributed by atoms with Gasteiger partial charge in [0.1, 0.15) is 0 Å². The predicted molar refractivity (Wildman–Crippen MR) is 137 cm³/mol. The summed E-state index contributed by atoms with van der Waals surface area (Å²) in [5.74, 6) is -0.995. The molecule has 0 fully saturated rings. The zero-order valence-electron chi connectivity index (χ0n) is 19.1. The van der Waals surface area contributed by atoms with Crippen LogP contribution in [0.2, 0.25) is 10.0 Å². The lowest BCUT2D eigenvalue weighted by Crippen LogP contribution is -2.34. The number of nitrogens with one attached hydrogen (secondary N) is 2. The van der Waals surface area contributed by atoms with Crippen molar-refractivity contribution < 1.29 is 27.5 Å². The Labute approximate surface area is 218 Å². The molecule has 0 bridgehead atoms. The molecule has 9 nitrogen and oxygen atoms in total. The number of aryl methyl sites for hydroxylation is 1. The van der Waals surface area contributed by atoms with Crippen molar-refractivity contribution in [3.63, 3.8) is 0 Å². The van der Waals surface area contributed by atoms with Crippen LogP contribution in [0.5, 0.6) is 11.5 Å². The zero-order valence-corrected chi connectivity index (χ0v) is 21.4. The van der Waals surface area contributed by atoms with Gasteiger partial charge in [-0.1, -0.05) is 40.9 Å². The molecule has 36 heavy (non-hydrogen) atoms. The molecule has 12 heteroatoms. The first-order valence-electron chi connectivity index (χ1n) is 10.3. The fraction of sp³-hybridized carbons (Fsp3) is 0.125. The number of carbonyl (C=O) groups is 2. The molecule has 3 aromatic carbocycles. The van der Waals surface area contributed by atoms with Gasteiger partial charge in [-0.15, -0.1) is 0 Å². The van der Waals surface area contributed by atoms with Crippen molar-refractivity contribution in [2.24, 2.45) is 5.10 Å². The SMILES string of the molecule is COc1cc(C=NNC(=O)CNS(=O)(=O)c2ccc(C)cc2)ccc1OC(=O)c1ccc(Cl)cc1Cl. The minimum atomic E-state index is -3.83. The first-order valence-corrected chi connectivity index (χ1v) is 12.6. The molecule has 0 heterocycles. The average molecular weight is 550 g/mol. The van der Waals surface area contributed by atoms with Gasteiger partial charge in [-0.05, 0) is 61.0 Å². The summed E-state index contributed by atoms with van der Waals surface area (Å²) in [6.07, 6.45) is 1.32. The van der Waals surface area contributed by atoms with Crippen LogP contribution in [0.3, 0.4) is 0 Å². The predicted octanol–water partition coefficient (Wildman–Crippen LogP) is 3.96. The van der Waals surface area contributed by atoms with Gasteiger partial charge in [0.2, 0.25) is 10.0 Å². The molecule has 0 aliphatic rings. The molecule has 0 unspecified atom stereocenters. The van der Waals surface area contributed by atoms with E-state index in [0.29, 0.717) is 10.6 Å². The molecule has 0 saturated carbocycles.